The zero-order valence-corrected chi connectivity index (χ0v) is 34.2. The van der Waals surface area contributed by atoms with Gasteiger partial charge in [-0.3, -0.25) is 0 Å². The number of fused-ring (bicyclic) bond motifs is 6. The zero-order chi connectivity index (χ0) is 39.7. The van der Waals surface area contributed by atoms with Crippen molar-refractivity contribution in [3.05, 3.63) is 204 Å². The Morgan fingerprint density at radius 1 is 0.500 bits per heavy atom. The van der Waals surface area contributed by atoms with E-state index in [1.807, 2.05) is 0 Å². The maximum absolute atomic E-state index is 2.55. The summed E-state index contributed by atoms with van der Waals surface area (Å²) in [5.41, 5.74) is 21.4. The molecule has 0 bridgehead atoms. The minimum Gasteiger partial charge on any atom is -0.309 e. The van der Waals surface area contributed by atoms with E-state index in [2.05, 4.69) is 227 Å². The summed E-state index contributed by atoms with van der Waals surface area (Å²) in [6.45, 7) is 14.1. The molecule has 8 aromatic carbocycles. The Kier molecular flexibility index (Phi) is 8.49. The normalized spacial score (nSPS) is 12.9. The Bertz CT molecular complexity index is 3020. The van der Waals surface area contributed by atoms with Crippen molar-refractivity contribution in [2.24, 2.45) is 0 Å². The molecule has 0 radical (unpaired) electrons. The molecule has 1 aliphatic carbocycles. The first-order valence-electron chi connectivity index (χ1n) is 20.6. The zero-order valence-electron chi connectivity index (χ0n) is 34.2. The number of benzene rings is 8. The van der Waals surface area contributed by atoms with E-state index >= 15 is 0 Å². The maximum Gasteiger partial charge on any atom is 0.0541 e. The van der Waals surface area contributed by atoms with Crippen LogP contribution in [0.25, 0.3) is 60.9 Å². The molecule has 0 saturated heterocycles. The highest BCUT2D eigenvalue weighted by Crippen LogP contribution is 2.53. The molecule has 9 aromatic rings. The summed E-state index contributed by atoms with van der Waals surface area (Å²) in [5.74, 6) is 0.287. The quantitative estimate of drug-likeness (QED) is 0.158. The third kappa shape index (κ3) is 5.54. The van der Waals surface area contributed by atoms with Gasteiger partial charge in [-0.15, -0.1) is 0 Å². The molecule has 0 amide bonds. The summed E-state index contributed by atoms with van der Waals surface area (Å²) in [5, 5.41) is 2.54. The van der Waals surface area contributed by atoms with Crippen molar-refractivity contribution in [1.29, 1.82) is 0 Å². The Balaban J connectivity index is 1.20. The molecule has 0 N–H and O–H groups in total. The number of para-hydroxylation sites is 3. The van der Waals surface area contributed by atoms with Crippen LogP contribution in [0.2, 0.25) is 0 Å². The highest BCUT2D eigenvalue weighted by Gasteiger charge is 2.36. The fraction of sp³-hybridized carbons (Fsp3) is 0.143. The smallest absolute Gasteiger partial charge is 0.0541 e. The van der Waals surface area contributed by atoms with Gasteiger partial charge >= 0.3 is 0 Å². The molecular formula is C56H48N2. The average molecular weight is 749 g/mol. The molecule has 0 fully saturated rings. The molecule has 0 unspecified atom stereocenters. The van der Waals surface area contributed by atoms with Crippen molar-refractivity contribution in [2.45, 2.75) is 52.9 Å². The van der Waals surface area contributed by atoms with Gasteiger partial charge in [-0.1, -0.05) is 149 Å². The van der Waals surface area contributed by atoms with Crippen LogP contribution >= 0.6 is 0 Å². The van der Waals surface area contributed by atoms with Crippen LogP contribution < -0.4 is 4.90 Å². The summed E-state index contributed by atoms with van der Waals surface area (Å²) in [6.07, 6.45) is 0. The van der Waals surface area contributed by atoms with Crippen molar-refractivity contribution >= 4 is 38.9 Å². The number of nitrogens with zero attached hydrogens (tertiary/aromatic N) is 2. The van der Waals surface area contributed by atoms with E-state index in [-0.39, 0.29) is 11.3 Å². The van der Waals surface area contributed by atoms with Crippen LogP contribution in [0.1, 0.15) is 61.4 Å². The van der Waals surface area contributed by atoms with Crippen molar-refractivity contribution in [2.75, 3.05) is 4.90 Å². The Morgan fingerprint density at radius 2 is 1.14 bits per heavy atom. The van der Waals surface area contributed by atoms with Gasteiger partial charge in [0.15, 0.2) is 0 Å². The Morgan fingerprint density at radius 3 is 1.91 bits per heavy atom. The number of anilines is 3. The van der Waals surface area contributed by atoms with Gasteiger partial charge in [-0.25, -0.2) is 0 Å². The number of hydrogen-bond donors (Lipinski definition) is 0. The molecule has 1 heterocycles. The van der Waals surface area contributed by atoms with Crippen LogP contribution in [-0.2, 0) is 5.41 Å². The van der Waals surface area contributed by atoms with Gasteiger partial charge in [0, 0.05) is 33.1 Å². The predicted octanol–water partition coefficient (Wildman–Crippen LogP) is 15.6. The molecular weight excluding hydrogens is 701 g/mol. The molecule has 0 atom stereocenters. The molecule has 2 nitrogen and oxygen atoms in total. The lowest BCUT2D eigenvalue weighted by Gasteiger charge is -2.34. The first-order valence-corrected chi connectivity index (χ1v) is 20.6. The fourth-order valence-corrected chi connectivity index (χ4v) is 10.1. The third-order valence-electron chi connectivity index (χ3n) is 12.6. The lowest BCUT2D eigenvalue weighted by Crippen LogP contribution is -2.18. The second kappa shape index (κ2) is 13.8. The summed E-state index contributed by atoms with van der Waals surface area (Å²) >= 11 is 0. The minimum absolute atomic E-state index is 0.119. The SMILES string of the molecule is Cc1cc(-c2ccc3c(c2)c2ccccc2n3-c2ccccc2)c(C(C)C)c(C)c1N(c1ccc2c(c1)C(C)(C)c1ccccc1-2)c1ccccc1-c1ccccc1. The van der Waals surface area contributed by atoms with Crippen LogP contribution in [-0.4, -0.2) is 4.57 Å². The van der Waals surface area contributed by atoms with Gasteiger partial charge in [0.2, 0.25) is 0 Å². The molecule has 1 aliphatic rings. The highest BCUT2D eigenvalue weighted by molar-refractivity contribution is 6.10. The van der Waals surface area contributed by atoms with Crippen LogP contribution in [0.3, 0.4) is 0 Å². The third-order valence-corrected chi connectivity index (χ3v) is 12.6. The fourth-order valence-electron chi connectivity index (χ4n) is 10.1. The van der Waals surface area contributed by atoms with Gasteiger partial charge in [0.25, 0.3) is 0 Å². The number of aryl methyl sites for hydroxylation is 1. The van der Waals surface area contributed by atoms with Crippen molar-refractivity contribution in [3.63, 3.8) is 0 Å². The van der Waals surface area contributed by atoms with Crippen LogP contribution in [0.15, 0.2) is 176 Å². The maximum atomic E-state index is 2.55. The standard InChI is InChI=1S/C56H48N2/c1-36(2)54-38(4)55(37(3)33-47(54)40-29-32-53-48(34-40)46-25-15-18-28-52(46)57(53)41-21-11-8-12-22-41)58(51-27-17-14-23-43(51)39-19-9-7-10-20-39)42-30-31-45-44-24-13-16-26-49(44)56(5,6)50(45)35-42/h7-36H,1-6H3. The minimum atomic E-state index is -0.119. The molecule has 1 aromatic heterocycles. The summed E-state index contributed by atoms with van der Waals surface area (Å²) in [6, 6.07) is 65.0. The monoisotopic (exact) mass is 748 g/mol. The van der Waals surface area contributed by atoms with Gasteiger partial charge in [0.05, 0.1) is 22.4 Å². The second-order valence-corrected chi connectivity index (χ2v) is 16.8. The number of rotatable bonds is 7. The van der Waals surface area contributed by atoms with Crippen molar-refractivity contribution in [3.8, 4) is 39.1 Å². The predicted molar refractivity (Wildman–Crippen MR) is 247 cm³/mol. The van der Waals surface area contributed by atoms with E-state index in [0.717, 1.165) is 0 Å². The lowest BCUT2D eigenvalue weighted by atomic mass is 9.82. The van der Waals surface area contributed by atoms with E-state index in [9.17, 15) is 0 Å². The van der Waals surface area contributed by atoms with Gasteiger partial charge < -0.3 is 9.47 Å². The molecule has 0 saturated carbocycles. The van der Waals surface area contributed by atoms with Gasteiger partial charge in [-0.2, -0.15) is 0 Å². The Labute approximate surface area is 342 Å². The van der Waals surface area contributed by atoms with E-state index in [1.54, 1.807) is 0 Å². The van der Waals surface area contributed by atoms with Gasteiger partial charge in [0.1, 0.15) is 0 Å². The average Bonchev–Trinajstić information content (AvgIpc) is 3.70. The van der Waals surface area contributed by atoms with E-state index in [0.29, 0.717) is 0 Å². The first kappa shape index (κ1) is 35.8. The van der Waals surface area contributed by atoms with E-state index in [4.69, 9.17) is 0 Å². The Hall–Kier alpha value is -6.64. The molecule has 0 aliphatic heterocycles. The molecule has 282 valence electrons. The summed E-state index contributed by atoms with van der Waals surface area (Å²) in [7, 11) is 0. The van der Waals surface area contributed by atoms with Crippen LogP contribution in [0, 0.1) is 13.8 Å². The topological polar surface area (TPSA) is 8.17 Å². The second-order valence-electron chi connectivity index (χ2n) is 16.8. The number of aromatic nitrogens is 1. The highest BCUT2D eigenvalue weighted by atomic mass is 15.1. The number of hydrogen-bond acceptors (Lipinski definition) is 1. The van der Waals surface area contributed by atoms with Gasteiger partial charge in [-0.05, 0) is 130 Å². The molecule has 2 heteroatoms. The van der Waals surface area contributed by atoms with Crippen molar-refractivity contribution in [1.82, 2.24) is 4.57 Å². The van der Waals surface area contributed by atoms with Crippen LogP contribution in [0.4, 0.5) is 17.1 Å². The first-order chi connectivity index (χ1) is 28.2. The van der Waals surface area contributed by atoms with E-state index in [1.165, 1.54) is 106 Å². The largest absolute Gasteiger partial charge is 0.309 e. The lowest BCUT2D eigenvalue weighted by molar-refractivity contribution is 0.660. The molecule has 0 spiro atoms. The summed E-state index contributed by atoms with van der Waals surface area (Å²) < 4.78 is 2.40. The van der Waals surface area contributed by atoms with Crippen LogP contribution in [0.5, 0.6) is 0 Å². The van der Waals surface area contributed by atoms with Crippen molar-refractivity contribution < 1.29 is 0 Å². The van der Waals surface area contributed by atoms with E-state index < -0.39 is 0 Å². The molecule has 10 rings (SSSR count). The molecule has 58 heavy (non-hydrogen) atoms. The summed E-state index contributed by atoms with van der Waals surface area (Å²) in [4.78, 5) is 2.55.